The highest BCUT2D eigenvalue weighted by atomic mass is 16.6. The van der Waals surface area contributed by atoms with E-state index >= 15 is 0 Å². The third-order valence-electron chi connectivity index (χ3n) is 4.06. The van der Waals surface area contributed by atoms with Gasteiger partial charge in [-0.25, -0.2) is 4.79 Å². The van der Waals surface area contributed by atoms with E-state index < -0.39 is 5.97 Å². The van der Waals surface area contributed by atoms with Gasteiger partial charge in [0.25, 0.3) is 0 Å². The van der Waals surface area contributed by atoms with Crippen LogP contribution in [0.5, 0.6) is 0 Å². The summed E-state index contributed by atoms with van der Waals surface area (Å²) in [5.41, 5.74) is 3.91. The third-order valence-corrected chi connectivity index (χ3v) is 4.06. The van der Waals surface area contributed by atoms with Crippen molar-refractivity contribution < 1.29 is 14.6 Å². The minimum atomic E-state index is -0.905. The second-order valence-electron chi connectivity index (χ2n) is 6.78. The van der Waals surface area contributed by atoms with Crippen LogP contribution in [0.3, 0.4) is 0 Å². The normalized spacial score (nSPS) is 20.7. The van der Waals surface area contributed by atoms with Crippen molar-refractivity contribution in [2.24, 2.45) is 0 Å². The Morgan fingerprint density at radius 2 is 1.64 bits per heavy atom. The summed E-state index contributed by atoms with van der Waals surface area (Å²) in [5, 5.41) is 8.94. The van der Waals surface area contributed by atoms with Gasteiger partial charge in [0.2, 0.25) is 0 Å². The highest BCUT2D eigenvalue weighted by Crippen LogP contribution is 2.51. The first-order valence-corrected chi connectivity index (χ1v) is 7.45. The van der Waals surface area contributed by atoms with Crippen LogP contribution in [0.1, 0.15) is 60.0 Å². The molecule has 1 fully saturated rings. The van der Waals surface area contributed by atoms with E-state index in [2.05, 4.69) is 45.0 Å². The van der Waals surface area contributed by atoms with E-state index in [-0.39, 0.29) is 17.6 Å². The first-order chi connectivity index (χ1) is 10.4. The number of rotatable bonds is 3. The second-order valence-corrected chi connectivity index (χ2v) is 6.78. The molecular weight excluding hydrogens is 276 g/mol. The average Bonchev–Trinajstić information content (AvgIpc) is 3.27. The number of ether oxygens (including phenoxy) is 1. The minimum absolute atomic E-state index is 0.0260. The molecule has 22 heavy (non-hydrogen) atoms. The van der Waals surface area contributed by atoms with Crippen LogP contribution in [0.15, 0.2) is 48.5 Å². The molecule has 0 bridgehead atoms. The summed E-state index contributed by atoms with van der Waals surface area (Å²) >= 11 is 0. The largest absolute Gasteiger partial charge is 0.478 e. The van der Waals surface area contributed by atoms with Crippen LogP contribution in [-0.2, 0) is 10.2 Å². The fourth-order valence-electron chi connectivity index (χ4n) is 2.62. The Hall–Kier alpha value is -2.13. The zero-order chi connectivity index (χ0) is 15.9. The summed E-state index contributed by atoms with van der Waals surface area (Å²) < 4.78 is 5.81. The molecule has 2 atom stereocenters. The van der Waals surface area contributed by atoms with E-state index in [1.807, 2.05) is 12.1 Å². The standard InChI is InChI=1S/C19H20O3/c1-19(2,3)15-6-4-5-14(11-15)17-16(22-17)12-7-9-13(10-8-12)18(20)21/h4-11,16-17H,1-3H3,(H,20,21). The Morgan fingerprint density at radius 1 is 1.00 bits per heavy atom. The highest BCUT2D eigenvalue weighted by Gasteiger charge is 2.41. The average molecular weight is 296 g/mol. The Kier molecular flexibility index (Phi) is 3.53. The van der Waals surface area contributed by atoms with Crippen molar-refractivity contribution in [1.82, 2.24) is 0 Å². The van der Waals surface area contributed by atoms with Crippen molar-refractivity contribution in [3.63, 3.8) is 0 Å². The Morgan fingerprint density at radius 3 is 2.23 bits per heavy atom. The van der Waals surface area contributed by atoms with E-state index in [1.54, 1.807) is 12.1 Å². The van der Waals surface area contributed by atoms with Gasteiger partial charge < -0.3 is 9.84 Å². The molecule has 2 aromatic carbocycles. The number of aromatic carboxylic acids is 1. The van der Waals surface area contributed by atoms with Gasteiger partial charge in [-0.05, 0) is 34.2 Å². The molecule has 1 aliphatic heterocycles. The lowest BCUT2D eigenvalue weighted by Gasteiger charge is -2.19. The van der Waals surface area contributed by atoms with Crippen LogP contribution in [0.4, 0.5) is 0 Å². The predicted octanol–water partition coefficient (Wildman–Crippen LogP) is 4.49. The Labute approximate surface area is 130 Å². The molecule has 2 unspecified atom stereocenters. The van der Waals surface area contributed by atoms with Gasteiger partial charge in [-0.3, -0.25) is 0 Å². The molecule has 1 aliphatic rings. The Balaban J connectivity index is 1.78. The number of carbonyl (C=O) groups is 1. The maximum atomic E-state index is 10.9. The van der Waals surface area contributed by atoms with E-state index in [0.717, 1.165) is 5.56 Å². The third kappa shape index (κ3) is 2.90. The molecule has 114 valence electrons. The molecule has 0 amide bonds. The van der Waals surface area contributed by atoms with E-state index in [0.29, 0.717) is 5.56 Å². The van der Waals surface area contributed by atoms with Crippen LogP contribution >= 0.6 is 0 Å². The van der Waals surface area contributed by atoms with Gasteiger partial charge in [-0.1, -0.05) is 57.2 Å². The number of benzene rings is 2. The number of carboxylic acid groups (broad SMARTS) is 1. The first kappa shape index (κ1) is 14.8. The number of carboxylic acids is 1. The molecule has 2 aromatic rings. The smallest absolute Gasteiger partial charge is 0.335 e. The monoisotopic (exact) mass is 296 g/mol. The molecule has 1 N–H and O–H groups in total. The van der Waals surface area contributed by atoms with Gasteiger partial charge in [0, 0.05) is 0 Å². The maximum Gasteiger partial charge on any atom is 0.335 e. The molecule has 0 aromatic heterocycles. The molecule has 1 saturated heterocycles. The minimum Gasteiger partial charge on any atom is -0.478 e. The van der Waals surface area contributed by atoms with Crippen LogP contribution in [0, 0.1) is 0 Å². The van der Waals surface area contributed by atoms with Gasteiger partial charge in [0.15, 0.2) is 0 Å². The van der Waals surface area contributed by atoms with Crippen LogP contribution in [0.25, 0.3) is 0 Å². The quantitative estimate of drug-likeness (QED) is 0.849. The number of hydrogen-bond donors (Lipinski definition) is 1. The van der Waals surface area contributed by atoms with Gasteiger partial charge in [-0.15, -0.1) is 0 Å². The van der Waals surface area contributed by atoms with Crippen LogP contribution in [0.2, 0.25) is 0 Å². The van der Waals surface area contributed by atoms with E-state index in [4.69, 9.17) is 9.84 Å². The summed E-state index contributed by atoms with van der Waals surface area (Å²) in [6.45, 7) is 6.59. The summed E-state index contributed by atoms with van der Waals surface area (Å²) in [7, 11) is 0. The zero-order valence-electron chi connectivity index (χ0n) is 13.0. The predicted molar refractivity (Wildman–Crippen MR) is 85.1 cm³/mol. The SMILES string of the molecule is CC(C)(C)c1cccc(C2OC2c2ccc(C(=O)O)cc2)c1. The van der Waals surface area contributed by atoms with Crippen molar-refractivity contribution >= 4 is 5.97 Å². The number of epoxide rings is 1. The van der Waals surface area contributed by atoms with Crippen molar-refractivity contribution in [3.8, 4) is 0 Å². The molecule has 0 spiro atoms. The van der Waals surface area contributed by atoms with Gasteiger partial charge >= 0.3 is 5.97 Å². The molecule has 3 rings (SSSR count). The summed E-state index contributed by atoms with van der Waals surface area (Å²) in [4.78, 5) is 10.9. The molecule has 3 heteroatoms. The topological polar surface area (TPSA) is 49.8 Å². The van der Waals surface area contributed by atoms with Crippen LogP contribution in [-0.4, -0.2) is 11.1 Å². The molecule has 1 heterocycles. The van der Waals surface area contributed by atoms with Crippen molar-refractivity contribution in [3.05, 3.63) is 70.8 Å². The number of hydrogen-bond acceptors (Lipinski definition) is 2. The lowest BCUT2D eigenvalue weighted by Crippen LogP contribution is -2.11. The molecular formula is C19H20O3. The molecule has 0 radical (unpaired) electrons. The van der Waals surface area contributed by atoms with E-state index in [1.165, 1.54) is 11.1 Å². The summed E-state index contributed by atoms with van der Waals surface area (Å²) in [6.07, 6.45) is 0.0936. The summed E-state index contributed by atoms with van der Waals surface area (Å²) in [5.74, 6) is -0.905. The van der Waals surface area contributed by atoms with Gasteiger partial charge in [-0.2, -0.15) is 0 Å². The fourth-order valence-corrected chi connectivity index (χ4v) is 2.62. The summed E-state index contributed by atoms with van der Waals surface area (Å²) in [6, 6.07) is 15.4. The molecule has 0 saturated carbocycles. The Bertz CT molecular complexity index is 695. The first-order valence-electron chi connectivity index (χ1n) is 7.45. The lowest BCUT2D eigenvalue weighted by atomic mass is 9.85. The molecule has 3 nitrogen and oxygen atoms in total. The van der Waals surface area contributed by atoms with Gasteiger partial charge in [0.05, 0.1) is 5.56 Å². The lowest BCUT2D eigenvalue weighted by molar-refractivity contribution is 0.0697. The van der Waals surface area contributed by atoms with Crippen molar-refractivity contribution in [2.45, 2.75) is 38.4 Å². The molecule has 0 aliphatic carbocycles. The fraction of sp³-hybridized carbons (Fsp3) is 0.316. The zero-order valence-corrected chi connectivity index (χ0v) is 13.0. The maximum absolute atomic E-state index is 10.9. The van der Waals surface area contributed by atoms with Crippen LogP contribution < -0.4 is 0 Å². The second kappa shape index (κ2) is 5.25. The highest BCUT2D eigenvalue weighted by molar-refractivity contribution is 5.87. The van der Waals surface area contributed by atoms with Gasteiger partial charge in [0.1, 0.15) is 12.2 Å². The van der Waals surface area contributed by atoms with Crippen molar-refractivity contribution in [1.29, 1.82) is 0 Å². The van der Waals surface area contributed by atoms with Crippen molar-refractivity contribution in [2.75, 3.05) is 0 Å². The van der Waals surface area contributed by atoms with E-state index in [9.17, 15) is 4.79 Å².